The van der Waals surface area contributed by atoms with Crippen molar-refractivity contribution in [1.82, 2.24) is 9.97 Å². The molecular formula is C22H21N5O3S3. The number of thiazole rings is 1. The van der Waals surface area contributed by atoms with E-state index >= 15 is 0 Å². The number of benzene rings is 1. The van der Waals surface area contributed by atoms with Crippen molar-refractivity contribution in [2.75, 3.05) is 15.8 Å². The molecule has 4 rings (SSSR count). The monoisotopic (exact) mass is 499 g/mol. The first-order valence-electron chi connectivity index (χ1n) is 10.3. The van der Waals surface area contributed by atoms with Crippen molar-refractivity contribution in [2.45, 2.75) is 42.0 Å². The van der Waals surface area contributed by atoms with Crippen LogP contribution < -0.4 is 10.0 Å². The highest BCUT2D eigenvalue weighted by atomic mass is 32.2. The van der Waals surface area contributed by atoms with E-state index in [1.54, 1.807) is 5.38 Å². The molecule has 0 saturated carbocycles. The van der Waals surface area contributed by atoms with Crippen LogP contribution >= 0.6 is 23.1 Å². The zero-order chi connectivity index (χ0) is 23.3. The van der Waals surface area contributed by atoms with Gasteiger partial charge in [-0.25, -0.2) is 18.4 Å². The molecule has 33 heavy (non-hydrogen) atoms. The number of carbonyl (C=O) groups excluding carboxylic acids is 1. The van der Waals surface area contributed by atoms with Crippen LogP contribution in [0.4, 0.5) is 10.8 Å². The van der Waals surface area contributed by atoms with Gasteiger partial charge in [0.25, 0.3) is 10.0 Å². The molecule has 0 radical (unpaired) electrons. The third kappa shape index (κ3) is 5.90. The number of nitrogens with one attached hydrogen (secondary N) is 2. The SMILES string of the molecule is N#Cc1cc2c(nc1SCC(=O)Nc1ccc(S(=O)(=O)Nc3nccs3)cc1)CCCCC2. The summed E-state index contributed by atoms with van der Waals surface area (Å²) in [6.07, 6.45) is 6.70. The number of anilines is 2. The van der Waals surface area contributed by atoms with Gasteiger partial charge in [0, 0.05) is 23.0 Å². The Morgan fingerprint density at radius 3 is 2.70 bits per heavy atom. The lowest BCUT2D eigenvalue weighted by molar-refractivity contribution is -0.113. The van der Waals surface area contributed by atoms with Crippen LogP contribution in [0.2, 0.25) is 0 Å². The fraction of sp³-hybridized carbons (Fsp3) is 0.273. The highest BCUT2D eigenvalue weighted by molar-refractivity contribution is 8.00. The lowest BCUT2D eigenvalue weighted by atomic mass is 10.1. The molecule has 170 valence electrons. The molecule has 8 nitrogen and oxygen atoms in total. The van der Waals surface area contributed by atoms with E-state index in [-0.39, 0.29) is 21.7 Å². The van der Waals surface area contributed by atoms with Gasteiger partial charge in [-0.1, -0.05) is 18.2 Å². The van der Waals surface area contributed by atoms with E-state index in [4.69, 9.17) is 0 Å². The minimum atomic E-state index is -3.75. The first-order chi connectivity index (χ1) is 15.9. The number of nitrogens with zero attached hydrogens (tertiary/aromatic N) is 3. The topological polar surface area (TPSA) is 125 Å². The zero-order valence-electron chi connectivity index (χ0n) is 17.6. The smallest absolute Gasteiger partial charge is 0.263 e. The number of carbonyl (C=O) groups is 1. The van der Waals surface area contributed by atoms with E-state index < -0.39 is 10.0 Å². The number of hydrogen-bond donors (Lipinski definition) is 2. The fourth-order valence-corrected chi connectivity index (χ4v) is 6.04. The van der Waals surface area contributed by atoms with E-state index in [1.807, 2.05) is 6.07 Å². The van der Waals surface area contributed by atoms with Crippen LogP contribution in [0.25, 0.3) is 0 Å². The molecule has 0 fully saturated rings. The maximum Gasteiger partial charge on any atom is 0.263 e. The van der Waals surface area contributed by atoms with Gasteiger partial charge in [-0.3, -0.25) is 9.52 Å². The third-order valence-corrected chi connectivity index (χ3v) is 8.24. The van der Waals surface area contributed by atoms with E-state index in [0.717, 1.165) is 43.4 Å². The third-order valence-electron chi connectivity index (χ3n) is 5.08. The largest absolute Gasteiger partial charge is 0.325 e. The van der Waals surface area contributed by atoms with Gasteiger partial charge in [-0.05, 0) is 61.6 Å². The Kier molecular flexibility index (Phi) is 7.27. The number of aromatic nitrogens is 2. The minimum Gasteiger partial charge on any atom is -0.325 e. The summed E-state index contributed by atoms with van der Waals surface area (Å²) in [5.41, 5.74) is 3.13. The summed E-state index contributed by atoms with van der Waals surface area (Å²) in [7, 11) is -3.75. The predicted octanol–water partition coefficient (Wildman–Crippen LogP) is 4.21. The van der Waals surface area contributed by atoms with Crippen LogP contribution in [0.5, 0.6) is 0 Å². The van der Waals surface area contributed by atoms with Gasteiger partial charge >= 0.3 is 0 Å². The Morgan fingerprint density at radius 1 is 1.18 bits per heavy atom. The van der Waals surface area contributed by atoms with Crippen molar-refractivity contribution >= 4 is 49.8 Å². The van der Waals surface area contributed by atoms with Gasteiger partial charge < -0.3 is 5.32 Å². The summed E-state index contributed by atoms with van der Waals surface area (Å²) < 4.78 is 27.2. The number of fused-ring (bicyclic) bond motifs is 1. The second-order valence-electron chi connectivity index (χ2n) is 7.42. The van der Waals surface area contributed by atoms with Crippen molar-refractivity contribution in [3.05, 3.63) is 58.7 Å². The summed E-state index contributed by atoms with van der Waals surface area (Å²) in [5.74, 6) is -0.177. The van der Waals surface area contributed by atoms with Crippen molar-refractivity contribution < 1.29 is 13.2 Å². The van der Waals surface area contributed by atoms with Gasteiger partial charge in [0.05, 0.1) is 16.2 Å². The molecule has 1 aliphatic carbocycles. The molecule has 0 atom stereocenters. The Bertz CT molecular complexity index is 1280. The first kappa shape index (κ1) is 23.2. The van der Waals surface area contributed by atoms with E-state index in [1.165, 1.54) is 53.6 Å². The van der Waals surface area contributed by atoms with Crippen molar-refractivity contribution in [2.24, 2.45) is 0 Å². The Labute approximate surface area is 200 Å². The van der Waals surface area contributed by atoms with E-state index in [0.29, 0.717) is 16.3 Å². The van der Waals surface area contributed by atoms with Crippen molar-refractivity contribution in [3.8, 4) is 6.07 Å². The Morgan fingerprint density at radius 2 is 1.97 bits per heavy atom. The number of pyridine rings is 1. The molecule has 3 aromatic rings. The van der Waals surface area contributed by atoms with Crippen molar-refractivity contribution in [1.29, 1.82) is 5.26 Å². The van der Waals surface area contributed by atoms with Crippen LogP contribution in [0.3, 0.4) is 0 Å². The molecule has 0 unspecified atom stereocenters. The first-order valence-corrected chi connectivity index (χ1v) is 13.7. The summed E-state index contributed by atoms with van der Waals surface area (Å²) >= 11 is 2.42. The standard InChI is InChI=1S/C22H21N5O3S3/c23-13-16-12-15-4-2-1-3-5-19(15)26-21(16)32-14-20(28)25-17-6-8-18(9-7-17)33(29,30)27-22-24-10-11-31-22/h6-12H,1-5,14H2,(H,24,27)(H,25,28). The van der Waals surface area contributed by atoms with Crippen LogP contribution in [0, 0.1) is 11.3 Å². The molecule has 1 aliphatic rings. The molecule has 2 aromatic heterocycles. The Balaban J connectivity index is 1.37. The van der Waals surface area contributed by atoms with Crippen LogP contribution in [0.15, 0.2) is 51.8 Å². The number of aryl methyl sites for hydroxylation is 2. The van der Waals surface area contributed by atoms with Gasteiger partial charge in [-0.2, -0.15) is 5.26 Å². The van der Waals surface area contributed by atoms with Gasteiger partial charge in [0.1, 0.15) is 11.1 Å². The van der Waals surface area contributed by atoms with Crippen LogP contribution in [-0.2, 0) is 27.7 Å². The predicted molar refractivity (Wildman–Crippen MR) is 129 cm³/mol. The molecule has 1 aromatic carbocycles. The molecule has 0 aliphatic heterocycles. The maximum absolute atomic E-state index is 12.4. The van der Waals surface area contributed by atoms with Gasteiger partial charge in [0.2, 0.25) is 5.91 Å². The molecular weight excluding hydrogens is 478 g/mol. The van der Waals surface area contributed by atoms with Gasteiger partial charge in [0.15, 0.2) is 5.13 Å². The minimum absolute atomic E-state index is 0.0675. The van der Waals surface area contributed by atoms with E-state index in [2.05, 4.69) is 26.1 Å². The molecule has 2 N–H and O–H groups in total. The highest BCUT2D eigenvalue weighted by Gasteiger charge is 2.17. The number of amides is 1. The van der Waals surface area contributed by atoms with E-state index in [9.17, 15) is 18.5 Å². The zero-order valence-corrected chi connectivity index (χ0v) is 20.0. The highest BCUT2D eigenvalue weighted by Crippen LogP contribution is 2.27. The average molecular weight is 500 g/mol. The lowest BCUT2D eigenvalue weighted by Crippen LogP contribution is -2.15. The molecule has 1 amide bonds. The summed E-state index contributed by atoms with van der Waals surface area (Å²) in [6, 6.07) is 9.99. The number of thioether (sulfide) groups is 1. The number of rotatable bonds is 7. The number of sulfonamides is 1. The average Bonchev–Trinajstić information content (AvgIpc) is 3.19. The van der Waals surface area contributed by atoms with Gasteiger partial charge in [-0.15, -0.1) is 11.3 Å². The Hall–Kier alpha value is -2.94. The lowest BCUT2D eigenvalue weighted by Gasteiger charge is -2.10. The van der Waals surface area contributed by atoms with Crippen LogP contribution in [0.1, 0.15) is 36.1 Å². The summed E-state index contributed by atoms with van der Waals surface area (Å²) in [5, 5.41) is 14.8. The van der Waals surface area contributed by atoms with Crippen LogP contribution in [-0.4, -0.2) is 30.0 Å². The quantitative estimate of drug-likeness (QED) is 0.368. The second-order valence-corrected chi connectivity index (χ2v) is 11.0. The maximum atomic E-state index is 12.4. The number of nitriles is 1. The summed E-state index contributed by atoms with van der Waals surface area (Å²) in [4.78, 5) is 21.1. The molecule has 0 saturated heterocycles. The van der Waals surface area contributed by atoms with Crippen molar-refractivity contribution in [3.63, 3.8) is 0 Å². The normalized spacial score (nSPS) is 13.4. The summed E-state index contributed by atoms with van der Waals surface area (Å²) in [6.45, 7) is 0. The molecule has 0 spiro atoms. The number of hydrogen-bond acceptors (Lipinski definition) is 8. The molecule has 0 bridgehead atoms. The molecule has 2 heterocycles. The fourth-order valence-electron chi connectivity index (χ4n) is 3.48. The second kappa shape index (κ2) is 10.3. The molecule has 11 heteroatoms.